The molecule has 7 rings (SSSR count). The summed E-state index contributed by atoms with van der Waals surface area (Å²) in [7, 11) is 0. The van der Waals surface area contributed by atoms with E-state index >= 15 is 0 Å². The predicted octanol–water partition coefficient (Wildman–Crippen LogP) is 8.04. The zero-order chi connectivity index (χ0) is 26.9. The highest BCUT2D eigenvalue weighted by Gasteiger charge is 2.64. The van der Waals surface area contributed by atoms with Crippen LogP contribution in [0.2, 0.25) is 0 Å². The SMILES string of the molecule is C[C@H]1[C@H]2[C@H](C[C@H]3[C@@H]4CC=C5C[C@@H](O)CC[C@]5(C)[C@H]4CC[C@]23C)O[C@@H]1CC[C@@H](C)c1nnc(-c2ccccc2)s1. The van der Waals surface area contributed by atoms with Gasteiger partial charge in [-0.3, -0.25) is 0 Å². The summed E-state index contributed by atoms with van der Waals surface area (Å²) in [6.45, 7) is 9.99. The molecule has 210 valence electrons. The van der Waals surface area contributed by atoms with Gasteiger partial charge in [-0.25, -0.2) is 0 Å². The molecule has 2 aromatic rings. The van der Waals surface area contributed by atoms with Crippen molar-refractivity contribution in [2.75, 3.05) is 0 Å². The summed E-state index contributed by atoms with van der Waals surface area (Å²) in [5, 5.41) is 21.6. The minimum atomic E-state index is -0.118. The van der Waals surface area contributed by atoms with E-state index in [-0.39, 0.29) is 6.10 Å². The maximum absolute atomic E-state index is 10.3. The summed E-state index contributed by atoms with van der Waals surface area (Å²) in [5.41, 5.74) is 3.46. The second kappa shape index (κ2) is 9.77. The van der Waals surface area contributed by atoms with E-state index in [1.165, 1.54) is 32.1 Å². The van der Waals surface area contributed by atoms with Gasteiger partial charge in [-0.15, -0.1) is 10.2 Å². The van der Waals surface area contributed by atoms with Gasteiger partial charge < -0.3 is 9.84 Å². The zero-order valence-corrected chi connectivity index (χ0v) is 25.0. The molecule has 4 fully saturated rings. The first-order chi connectivity index (χ1) is 18.8. The monoisotopic (exact) mass is 546 g/mol. The van der Waals surface area contributed by atoms with E-state index in [2.05, 4.69) is 68.2 Å². The molecule has 11 atom stereocenters. The molecular weight excluding hydrogens is 500 g/mol. The number of allylic oxidation sites excluding steroid dienone is 1. The van der Waals surface area contributed by atoms with E-state index in [1.807, 2.05) is 6.07 Å². The lowest BCUT2D eigenvalue weighted by atomic mass is 9.47. The molecule has 0 spiro atoms. The van der Waals surface area contributed by atoms with Crippen LogP contribution >= 0.6 is 11.3 Å². The summed E-state index contributed by atoms with van der Waals surface area (Å²) in [6.07, 6.45) is 13.8. The molecule has 3 saturated carbocycles. The number of ether oxygens (including phenoxy) is 1. The molecule has 1 N–H and O–H groups in total. The summed E-state index contributed by atoms with van der Waals surface area (Å²) in [5.74, 6) is 4.10. The van der Waals surface area contributed by atoms with Crippen LogP contribution in [0.4, 0.5) is 0 Å². The van der Waals surface area contributed by atoms with Gasteiger partial charge in [0.05, 0.1) is 18.3 Å². The Morgan fingerprint density at radius 2 is 1.92 bits per heavy atom. The minimum Gasteiger partial charge on any atom is -0.393 e. The van der Waals surface area contributed by atoms with Crippen molar-refractivity contribution in [2.24, 2.45) is 40.4 Å². The minimum absolute atomic E-state index is 0.118. The van der Waals surface area contributed by atoms with Gasteiger partial charge in [-0.2, -0.15) is 0 Å². The number of hydrogen-bond donors (Lipinski definition) is 1. The van der Waals surface area contributed by atoms with Crippen molar-refractivity contribution in [3.8, 4) is 10.6 Å². The topological polar surface area (TPSA) is 55.2 Å². The largest absolute Gasteiger partial charge is 0.393 e. The quantitative estimate of drug-likeness (QED) is 0.386. The second-order valence-corrected chi connectivity index (χ2v) is 15.3. The average molecular weight is 547 g/mol. The van der Waals surface area contributed by atoms with E-state index in [9.17, 15) is 5.11 Å². The van der Waals surface area contributed by atoms with Gasteiger partial charge in [-0.05, 0) is 98.2 Å². The highest BCUT2D eigenvalue weighted by molar-refractivity contribution is 7.14. The molecule has 0 amide bonds. The molecule has 1 saturated heterocycles. The Kier molecular flexibility index (Phi) is 6.60. The van der Waals surface area contributed by atoms with E-state index < -0.39 is 0 Å². The molecule has 1 aliphatic heterocycles. The van der Waals surface area contributed by atoms with Crippen LogP contribution in [0.1, 0.15) is 96.4 Å². The standard InChI is InChI=1S/C34H46N2O2S/c1-20(31-35-36-32(39-31)22-8-6-5-7-9-22)10-13-28-21(2)30-29(38-28)19-27-25-12-11-23-18-24(37)14-16-33(23,3)26(25)15-17-34(27,30)4/h5-9,11,20-21,24-30,37H,10,12-19H2,1-4H3/t20-,21-,24+,25-,26+,27+,28-,29+,30+,33+,34+/m1/s1. The molecule has 1 aromatic heterocycles. The lowest BCUT2D eigenvalue weighted by Gasteiger charge is -2.58. The fourth-order valence-electron chi connectivity index (χ4n) is 10.3. The van der Waals surface area contributed by atoms with Crippen molar-refractivity contribution < 1.29 is 9.84 Å². The molecule has 4 aliphatic carbocycles. The number of benzene rings is 1. The van der Waals surface area contributed by atoms with Crippen LogP contribution in [0.15, 0.2) is 42.0 Å². The Balaban J connectivity index is 1.02. The lowest BCUT2D eigenvalue weighted by Crippen LogP contribution is -2.51. The lowest BCUT2D eigenvalue weighted by molar-refractivity contribution is -0.0589. The number of rotatable bonds is 5. The third-order valence-corrected chi connectivity index (χ3v) is 13.6. The van der Waals surface area contributed by atoms with Crippen LogP contribution in [-0.2, 0) is 4.74 Å². The van der Waals surface area contributed by atoms with E-state index in [4.69, 9.17) is 4.74 Å². The van der Waals surface area contributed by atoms with Crippen molar-refractivity contribution >= 4 is 11.3 Å². The highest BCUT2D eigenvalue weighted by atomic mass is 32.1. The highest BCUT2D eigenvalue weighted by Crippen LogP contribution is 2.69. The Labute approximate surface area is 238 Å². The summed E-state index contributed by atoms with van der Waals surface area (Å²) < 4.78 is 6.96. The van der Waals surface area contributed by atoms with Crippen molar-refractivity contribution in [1.29, 1.82) is 0 Å². The van der Waals surface area contributed by atoms with Crippen molar-refractivity contribution in [2.45, 2.75) is 110 Å². The Morgan fingerprint density at radius 3 is 2.74 bits per heavy atom. The second-order valence-electron chi connectivity index (χ2n) is 14.3. The number of nitrogens with zero attached hydrogens (tertiary/aromatic N) is 2. The maximum atomic E-state index is 10.3. The van der Waals surface area contributed by atoms with Crippen molar-refractivity contribution in [3.63, 3.8) is 0 Å². The molecule has 0 unspecified atom stereocenters. The first-order valence-electron chi connectivity index (χ1n) is 15.7. The van der Waals surface area contributed by atoms with Crippen LogP contribution < -0.4 is 0 Å². The van der Waals surface area contributed by atoms with Crippen molar-refractivity contribution in [3.05, 3.63) is 47.0 Å². The summed E-state index contributed by atoms with van der Waals surface area (Å²) in [4.78, 5) is 0. The predicted molar refractivity (Wildman–Crippen MR) is 157 cm³/mol. The van der Waals surface area contributed by atoms with Gasteiger partial charge in [0, 0.05) is 11.5 Å². The van der Waals surface area contributed by atoms with Crippen LogP contribution in [-0.4, -0.2) is 33.6 Å². The van der Waals surface area contributed by atoms with Gasteiger partial charge in [0.2, 0.25) is 0 Å². The van der Waals surface area contributed by atoms with Gasteiger partial charge in [0.25, 0.3) is 0 Å². The molecule has 0 bridgehead atoms. The Morgan fingerprint density at radius 1 is 1.10 bits per heavy atom. The van der Waals surface area contributed by atoms with Crippen LogP contribution in [0, 0.1) is 40.4 Å². The number of fused-ring (bicyclic) bond motifs is 7. The van der Waals surface area contributed by atoms with E-state index in [1.54, 1.807) is 16.9 Å². The van der Waals surface area contributed by atoms with Gasteiger partial charge in [0.15, 0.2) is 0 Å². The number of aromatic nitrogens is 2. The van der Waals surface area contributed by atoms with Gasteiger partial charge >= 0.3 is 0 Å². The summed E-state index contributed by atoms with van der Waals surface area (Å²) >= 11 is 1.74. The Hall–Kier alpha value is -1.56. The van der Waals surface area contributed by atoms with Crippen LogP contribution in [0.5, 0.6) is 0 Å². The summed E-state index contributed by atoms with van der Waals surface area (Å²) in [6, 6.07) is 10.4. The first kappa shape index (κ1) is 26.3. The molecule has 5 heteroatoms. The molecule has 0 radical (unpaired) electrons. The third kappa shape index (κ3) is 4.20. The molecule has 1 aromatic carbocycles. The third-order valence-electron chi connectivity index (χ3n) is 12.4. The van der Waals surface area contributed by atoms with E-state index in [0.29, 0.717) is 40.8 Å². The first-order valence-corrected chi connectivity index (χ1v) is 16.5. The fourth-order valence-corrected chi connectivity index (χ4v) is 11.3. The smallest absolute Gasteiger partial charge is 0.147 e. The van der Waals surface area contributed by atoms with Crippen molar-refractivity contribution in [1.82, 2.24) is 10.2 Å². The molecular formula is C34H46N2O2S. The van der Waals surface area contributed by atoms with Crippen LogP contribution in [0.3, 0.4) is 0 Å². The molecule has 39 heavy (non-hydrogen) atoms. The number of hydrogen-bond acceptors (Lipinski definition) is 5. The fraction of sp³-hybridized carbons (Fsp3) is 0.706. The Bertz CT molecular complexity index is 1230. The van der Waals surface area contributed by atoms with Gasteiger partial charge in [-0.1, -0.05) is 81.0 Å². The normalized spacial score (nSPS) is 43.7. The maximum Gasteiger partial charge on any atom is 0.147 e. The van der Waals surface area contributed by atoms with Crippen LogP contribution in [0.25, 0.3) is 10.6 Å². The average Bonchev–Trinajstić information content (AvgIpc) is 3.62. The number of aliphatic hydroxyl groups is 1. The zero-order valence-electron chi connectivity index (χ0n) is 24.2. The number of aliphatic hydroxyl groups excluding tert-OH is 1. The molecule has 5 aliphatic rings. The molecule has 2 heterocycles. The van der Waals surface area contributed by atoms with E-state index in [0.717, 1.165) is 59.0 Å². The van der Waals surface area contributed by atoms with Gasteiger partial charge in [0.1, 0.15) is 10.0 Å². The molecule has 4 nitrogen and oxygen atoms in total.